The van der Waals surface area contributed by atoms with Crippen molar-refractivity contribution in [3.63, 3.8) is 0 Å². The summed E-state index contributed by atoms with van der Waals surface area (Å²) < 4.78 is 11.7. The first-order valence-corrected chi connectivity index (χ1v) is 10.1. The number of ether oxygens (including phenoxy) is 2. The molecule has 0 spiro atoms. The van der Waals surface area contributed by atoms with Crippen LogP contribution in [0.3, 0.4) is 0 Å². The van der Waals surface area contributed by atoms with Gasteiger partial charge in [0.2, 0.25) is 0 Å². The second-order valence-corrected chi connectivity index (χ2v) is 9.67. The van der Waals surface area contributed by atoms with Crippen LogP contribution in [0, 0.1) is 24.7 Å². The molecule has 0 saturated carbocycles. The first-order chi connectivity index (χ1) is 13.8. The Labute approximate surface area is 179 Å². The Morgan fingerprint density at radius 1 is 0.567 bits per heavy atom. The Hall–Kier alpha value is -2.88. The van der Waals surface area contributed by atoms with Gasteiger partial charge in [-0.2, -0.15) is 0 Å². The first-order valence-electron chi connectivity index (χ1n) is 10.1. The monoisotopic (exact) mass is 408 g/mol. The molecule has 0 aliphatic carbocycles. The predicted molar refractivity (Wildman–Crippen MR) is 120 cm³/mol. The summed E-state index contributed by atoms with van der Waals surface area (Å²) in [5, 5.41) is 0. The fraction of sp³-hybridized carbons (Fsp3) is 0.385. The average Bonchev–Trinajstić information content (AvgIpc) is 2.64. The van der Waals surface area contributed by atoms with Crippen LogP contribution < -0.4 is 0 Å². The van der Waals surface area contributed by atoms with E-state index in [1.54, 1.807) is 41.5 Å². The highest BCUT2D eigenvalue weighted by Crippen LogP contribution is 2.33. The molecule has 0 aliphatic rings. The molecular weight excluding hydrogens is 376 g/mol. The molecule has 4 nitrogen and oxygen atoms in total. The van der Waals surface area contributed by atoms with E-state index in [1.807, 2.05) is 62.4 Å². The van der Waals surface area contributed by atoms with Crippen molar-refractivity contribution in [2.45, 2.75) is 55.4 Å². The van der Waals surface area contributed by atoms with Crippen molar-refractivity contribution in [1.82, 2.24) is 0 Å². The van der Waals surface area contributed by atoms with Crippen LogP contribution >= 0.6 is 0 Å². The fourth-order valence-electron chi connectivity index (χ4n) is 2.37. The second kappa shape index (κ2) is 8.86. The van der Waals surface area contributed by atoms with Gasteiger partial charge in [-0.05, 0) is 55.4 Å². The molecule has 0 heterocycles. The molecule has 30 heavy (non-hydrogen) atoms. The van der Waals surface area contributed by atoms with Crippen LogP contribution in [0.15, 0.2) is 48.5 Å². The molecule has 2 aromatic carbocycles. The molecule has 160 valence electrons. The summed E-state index contributed by atoms with van der Waals surface area (Å²) in [7, 11) is 0. The van der Waals surface area contributed by atoms with Gasteiger partial charge < -0.3 is 9.47 Å². The van der Waals surface area contributed by atoms with Crippen LogP contribution in [0.2, 0.25) is 0 Å². The highest BCUT2D eigenvalue weighted by atomic mass is 16.6. The number of benzene rings is 2. The van der Waals surface area contributed by atoms with E-state index in [2.05, 4.69) is 0 Å². The van der Waals surface area contributed by atoms with Crippen LogP contribution in [-0.4, -0.2) is 11.9 Å². The van der Waals surface area contributed by atoms with Gasteiger partial charge in [0.15, 0.2) is 11.5 Å². The Bertz CT molecular complexity index is 855. The van der Waals surface area contributed by atoms with Gasteiger partial charge in [0.05, 0.1) is 10.8 Å². The topological polar surface area (TPSA) is 52.6 Å². The molecule has 4 heteroatoms. The van der Waals surface area contributed by atoms with Gasteiger partial charge in [-0.25, -0.2) is 0 Å². The summed E-state index contributed by atoms with van der Waals surface area (Å²) in [6.45, 7) is 14.7. The lowest BCUT2D eigenvalue weighted by molar-refractivity contribution is -0.147. The van der Waals surface area contributed by atoms with Crippen molar-refractivity contribution in [3.8, 4) is 0 Å². The summed E-state index contributed by atoms with van der Waals surface area (Å²) >= 11 is 0. The third kappa shape index (κ3) is 6.06. The average molecular weight is 409 g/mol. The van der Waals surface area contributed by atoms with Crippen LogP contribution in [0.25, 0.3) is 11.5 Å². The van der Waals surface area contributed by atoms with E-state index in [4.69, 9.17) is 9.47 Å². The Morgan fingerprint density at radius 3 is 1.07 bits per heavy atom. The molecule has 0 amide bonds. The van der Waals surface area contributed by atoms with Crippen molar-refractivity contribution in [2.75, 3.05) is 0 Å². The molecule has 2 rings (SSSR count). The second-order valence-electron chi connectivity index (χ2n) is 9.67. The predicted octanol–water partition coefficient (Wildman–Crippen LogP) is 6.31. The van der Waals surface area contributed by atoms with E-state index in [0.29, 0.717) is 11.1 Å². The van der Waals surface area contributed by atoms with Crippen LogP contribution in [0.4, 0.5) is 0 Å². The molecule has 0 radical (unpaired) electrons. The molecule has 0 N–H and O–H groups in total. The van der Waals surface area contributed by atoms with Gasteiger partial charge >= 0.3 is 11.9 Å². The van der Waals surface area contributed by atoms with Crippen molar-refractivity contribution in [2.24, 2.45) is 10.8 Å². The smallest absolute Gasteiger partial charge is 0.316 e. The molecule has 0 aromatic heterocycles. The van der Waals surface area contributed by atoms with E-state index in [-0.39, 0.29) is 11.5 Å². The number of hydrogen-bond acceptors (Lipinski definition) is 4. The lowest BCUT2D eigenvalue weighted by Gasteiger charge is -2.23. The molecule has 0 bridgehead atoms. The zero-order valence-electron chi connectivity index (χ0n) is 19.3. The molecule has 0 unspecified atom stereocenters. The Kier molecular flexibility index (Phi) is 6.91. The van der Waals surface area contributed by atoms with Gasteiger partial charge in [0.1, 0.15) is 0 Å². The highest BCUT2D eigenvalue weighted by molar-refractivity contribution is 5.94. The number of carbonyl (C=O) groups is 2. The maximum atomic E-state index is 12.8. The molecule has 0 aliphatic heterocycles. The summed E-state index contributed by atoms with van der Waals surface area (Å²) in [5.41, 5.74) is 2.03. The summed E-state index contributed by atoms with van der Waals surface area (Å²) in [6.07, 6.45) is 0. The molecule has 0 atom stereocenters. The molecule has 0 fully saturated rings. The normalized spacial score (nSPS) is 12.8. The van der Waals surface area contributed by atoms with Gasteiger partial charge in [-0.1, -0.05) is 59.7 Å². The van der Waals surface area contributed by atoms with Crippen LogP contribution in [-0.2, 0) is 19.1 Å². The van der Waals surface area contributed by atoms with Gasteiger partial charge in [-0.3, -0.25) is 9.59 Å². The molecule has 2 aromatic rings. The standard InChI is InChI=1S/C26H32O4/c1-17-9-13-19(14-10-17)21(29-23(27)25(3,4)5)22(30-24(28)26(6,7)8)20-15-11-18(2)12-16-20/h9-16H,1-8H3/b22-21+. The highest BCUT2D eigenvalue weighted by Gasteiger charge is 2.30. The lowest BCUT2D eigenvalue weighted by Crippen LogP contribution is -2.25. The first kappa shape index (κ1) is 23.4. The van der Waals surface area contributed by atoms with Gasteiger partial charge in [0, 0.05) is 11.1 Å². The largest absolute Gasteiger partial charge is 0.421 e. The van der Waals surface area contributed by atoms with E-state index >= 15 is 0 Å². The van der Waals surface area contributed by atoms with E-state index in [0.717, 1.165) is 11.1 Å². The van der Waals surface area contributed by atoms with Crippen molar-refractivity contribution >= 4 is 23.5 Å². The van der Waals surface area contributed by atoms with Gasteiger partial charge in [0.25, 0.3) is 0 Å². The fourth-order valence-corrected chi connectivity index (χ4v) is 2.37. The minimum Gasteiger partial charge on any atom is -0.421 e. The van der Waals surface area contributed by atoms with Crippen LogP contribution in [0.5, 0.6) is 0 Å². The Balaban J connectivity index is 2.74. The quantitative estimate of drug-likeness (QED) is 0.338. The van der Waals surface area contributed by atoms with E-state index in [9.17, 15) is 9.59 Å². The minimum absolute atomic E-state index is 0.233. The Morgan fingerprint density at radius 2 is 0.833 bits per heavy atom. The zero-order chi connectivity index (χ0) is 22.7. The van der Waals surface area contributed by atoms with Crippen LogP contribution in [0.1, 0.15) is 63.8 Å². The third-order valence-corrected chi connectivity index (χ3v) is 4.45. The number of carbonyl (C=O) groups excluding carboxylic acids is 2. The minimum atomic E-state index is -0.720. The summed E-state index contributed by atoms with van der Waals surface area (Å²) in [4.78, 5) is 25.6. The zero-order valence-corrected chi connectivity index (χ0v) is 19.3. The number of esters is 2. The SMILES string of the molecule is Cc1ccc(/C(OC(=O)C(C)(C)C)=C(\OC(=O)C(C)(C)C)c2ccc(C)cc2)cc1. The van der Waals surface area contributed by atoms with Crippen molar-refractivity contribution in [3.05, 3.63) is 70.8 Å². The number of aryl methyl sites for hydroxylation is 2. The summed E-state index contributed by atoms with van der Waals surface area (Å²) in [5.74, 6) is -0.350. The van der Waals surface area contributed by atoms with Crippen molar-refractivity contribution < 1.29 is 19.1 Å². The lowest BCUT2D eigenvalue weighted by atomic mass is 9.96. The van der Waals surface area contributed by atoms with E-state index < -0.39 is 22.8 Å². The molecular formula is C26H32O4. The molecule has 0 saturated heterocycles. The number of rotatable bonds is 4. The van der Waals surface area contributed by atoms with E-state index in [1.165, 1.54) is 0 Å². The maximum Gasteiger partial charge on any atom is 0.316 e. The van der Waals surface area contributed by atoms with Gasteiger partial charge in [-0.15, -0.1) is 0 Å². The maximum absolute atomic E-state index is 12.8. The third-order valence-electron chi connectivity index (χ3n) is 4.45. The van der Waals surface area contributed by atoms with Crippen molar-refractivity contribution in [1.29, 1.82) is 0 Å². The number of hydrogen-bond donors (Lipinski definition) is 0. The summed E-state index contributed by atoms with van der Waals surface area (Å²) in [6, 6.07) is 15.2.